The molecule has 0 bridgehead atoms. The van der Waals surface area contributed by atoms with Crippen molar-refractivity contribution in [3.8, 4) is 0 Å². The predicted molar refractivity (Wildman–Crippen MR) is 63.3 cm³/mol. The lowest BCUT2D eigenvalue weighted by Gasteiger charge is -2.16. The molecule has 0 amide bonds. The van der Waals surface area contributed by atoms with Crippen molar-refractivity contribution in [1.29, 1.82) is 0 Å². The summed E-state index contributed by atoms with van der Waals surface area (Å²) >= 11 is 5.66. The van der Waals surface area contributed by atoms with E-state index in [0.717, 1.165) is 6.42 Å². The van der Waals surface area contributed by atoms with E-state index in [9.17, 15) is 10.1 Å². The average Bonchev–Trinajstić information content (AvgIpc) is 2.28. The van der Waals surface area contributed by atoms with Crippen LogP contribution in [-0.4, -0.2) is 34.6 Å². The van der Waals surface area contributed by atoms with Crippen molar-refractivity contribution in [1.82, 2.24) is 9.97 Å². The van der Waals surface area contributed by atoms with E-state index in [4.69, 9.17) is 16.3 Å². The second kappa shape index (κ2) is 6.31. The summed E-state index contributed by atoms with van der Waals surface area (Å²) in [7, 11) is 1.56. The standard InChI is InChI=1S/C9H13ClN4O3/c1-3-6(4-17-2)13-9-7(14(15)16)8(10)11-5-12-9/h5-6H,3-4H2,1-2H3,(H,11,12,13). The molecular weight excluding hydrogens is 248 g/mol. The number of halogens is 1. The Morgan fingerprint density at radius 2 is 2.35 bits per heavy atom. The summed E-state index contributed by atoms with van der Waals surface area (Å²) in [5.74, 6) is 0.110. The Morgan fingerprint density at radius 3 is 2.88 bits per heavy atom. The first-order valence-electron chi connectivity index (χ1n) is 5.00. The molecule has 7 nitrogen and oxygen atoms in total. The molecule has 0 aliphatic heterocycles. The quantitative estimate of drug-likeness (QED) is 0.477. The van der Waals surface area contributed by atoms with E-state index in [1.165, 1.54) is 6.33 Å². The van der Waals surface area contributed by atoms with Crippen LogP contribution >= 0.6 is 11.6 Å². The first kappa shape index (κ1) is 13.6. The highest BCUT2D eigenvalue weighted by molar-refractivity contribution is 6.31. The molecule has 1 heterocycles. The average molecular weight is 261 g/mol. The molecule has 0 fully saturated rings. The first-order valence-corrected chi connectivity index (χ1v) is 5.38. The zero-order chi connectivity index (χ0) is 12.8. The summed E-state index contributed by atoms with van der Waals surface area (Å²) in [4.78, 5) is 17.6. The van der Waals surface area contributed by atoms with Crippen LogP contribution in [0.5, 0.6) is 0 Å². The van der Waals surface area contributed by atoms with Crippen LogP contribution in [0.1, 0.15) is 13.3 Å². The number of nitro groups is 1. The number of aromatic nitrogens is 2. The summed E-state index contributed by atoms with van der Waals surface area (Å²) in [5, 5.41) is 13.6. The van der Waals surface area contributed by atoms with Gasteiger partial charge < -0.3 is 10.1 Å². The molecule has 0 aromatic carbocycles. The third-order valence-electron chi connectivity index (χ3n) is 2.16. The minimum atomic E-state index is -0.607. The van der Waals surface area contributed by atoms with E-state index < -0.39 is 4.92 Å². The number of rotatable bonds is 6. The second-order valence-corrected chi connectivity index (χ2v) is 3.68. The minimum absolute atomic E-state index is 0.0651. The summed E-state index contributed by atoms with van der Waals surface area (Å²) in [6, 6.07) is -0.0651. The molecule has 0 spiro atoms. The van der Waals surface area contributed by atoms with E-state index >= 15 is 0 Å². The van der Waals surface area contributed by atoms with Crippen LogP contribution in [-0.2, 0) is 4.74 Å². The summed E-state index contributed by atoms with van der Waals surface area (Å²) in [6.45, 7) is 2.36. The fourth-order valence-corrected chi connectivity index (χ4v) is 1.48. The Balaban J connectivity index is 2.97. The van der Waals surface area contributed by atoms with Crippen molar-refractivity contribution >= 4 is 23.1 Å². The van der Waals surface area contributed by atoms with E-state index in [0.29, 0.717) is 6.61 Å². The van der Waals surface area contributed by atoms with Crippen molar-refractivity contribution in [3.05, 3.63) is 21.6 Å². The predicted octanol–water partition coefficient (Wildman–Crippen LogP) is 1.88. The van der Waals surface area contributed by atoms with Crippen LogP contribution in [0.25, 0.3) is 0 Å². The van der Waals surface area contributed by atoms with E-state index in [1.807, 2.05) is 6.92 Å². The van der Waals surface area contributed by atoms with Gasteiger partial charge in [-0.25, -0.2) is 9.97 Å². The smallest absolute Gasteiger partial charge is 0.348 e. The largest absolute Gasteiger partial charge is 0.383 e. The molecular formula is C9H13ClN4O3. The van der Waals surface area contributed by atoms with E-state index in [-0.39, 0.29) is 22.7 Å². The Labute approximate surface area is 103 Å². The second-order valence-electron chi connectivity index (χ2n) is 3.32. The van der Waals surface area contributed by atoms with Gasteiger partial charge in [0.25, 0.3) is 0 Å². The van der Waals surface area contributed by atoms with Gasteiger partial charge in [0.1, 0.15) is 6.33 Å². The normalized spacial score (nSPS) is 12.2. The van der Waals surface area contributed by atoms with Gasteiger partial charge in [-0.1, -0.05) is 18.5 Å². The molecule has 17 heavy (non-hydrogen) atoms. The maximum atomic E-state index is 10.8. The number of ether oxygens (including phenoxy) is 1. The molecule has 0 saturated carbocycles. The van der Waals surface area contributed by atoms with Crippen molar-refractivity contribution in [2.75, 3.05) is 19.0 Å². The van der Waals surface area contributed by atoms with Gasteiger partial charge in [0.2, 0.25) is 11.0 Å². The fourth-order valence-electron chi connectivity index (χ4n) is 1.28. The molecule has 0 aliphatic rings. The van der Waals surface area contributed by atoms with Gasteiger partial charge >= 0.3 is 5.69 Å². The van der Waals surface area contributed by atoms with Crippen molar-refractivity contribution in [3.63, 3.8) is 0 Å². The number of anilines is 1. The van der Waals surface area contributed by atoms with Crippen molar-refractivity contribution < 1.29 is 9.66 Å². The maximum Gasteiger partial charge on any atom is 0.348 e. The third kappa shape index (κ3) is 3.50. The molecule has 1 aromatic rings. The van der Waals surface area contributed by atoms with Gasteiger partial charge in [0.15, 0.2) is 0 Å². The SMILES string of the molecule is CCC(COC)Nc1ncnc(Cl)c1[N+](=O)[O-]. The molecule has 8 heteroatoms. The van der Waals surface area contributed by atoms with Gasteiger partial charge in [-0.3, -0.25) is 10.1 Å². The van der Waals surface area contributed by atoms with Gasteiger partial charge in [-0.2, -0.15) is 0 Å². The molecule has 1 N–H and O–H groups in total. The number of nitrogens with zero attached hydrogens (tertiary/aromatic N) is 3. The summed E-state index contributed by atoms with van der Waals surface area (Å²) in [5.41, 5.74) is -0.316. The lowest BCUT2D eigenvalue weighted by atomic mass is 10.2. The molecule has 1 rings (SSSR count). The third-order valence-corrected chi connectivity index (χ3v) is 2.44. The molecule has 94 valence electrons. The molecule has 1 aromatic heterocycles. The van der Waals surface area contributed by atoms with E-state index in [1.54, 1.807) is 7.11 Å². The molecule has 0 aliphatic carbocycles. The minimum Gasteiger partial charge on any atom is -0.383 e. The number of nitrogens with one attached hydrogen (secondary N) is 1. The number of hydrogen-bond donors (Lipinski definition) is 1. The van der Waals surface area contributed by atoms with Crippen LogP contribution in [0.3, 0.4) is 0 Å². The van der Waals surface area contributed by atoms with Gasteiger partial charge in [0.05, 0.1) is 17.6 Å². The number of hydrogen-bond acceptors (Lipinski definition) is 6. The van der Waals surface area contributed by atoms with Gasteiger partial charge in [-0.05, 0) is 6.42 Å². The number of methoxy groups -OCH3 is 1. The molecule has 1 atom stereocenters. The highest BCUT2D eigenvalue weighted by atomic mass is 35.5. The Bertz CT molecular complexity index is 402. The van der Waals surface area contributed by atoms with Crippen molar-refractivity contribution in [2.24, 2.45) is 0 Å². The molecule has 1 unspecified atom stereocenters. The first-order chi connectivity index (χ1) is 8.10. The highest BCUT2D eigenvalue weighted by Crippen LogP contribution is 2.28. The lowest BCUT2D eigenvalue weighted by molar-refractivity contribution is -0.384. The summed E-state index contributed by atoms with van der Waals surface area (Å²) < 4.78 is 4.99. The Hall–Kier alpha value is -1.47. The van der Waals surface area contributed by atoms with Gasteiger partial charge in [0, 0.05) is 7.11 Å². The zero-order valence-electron chi connectivity index (χ0n) is 9.51. The lowest BCUT2D eigenvalue weighted by Crippen LogP contribution is -2.25. The Kier molecular flexibility index (Phi) is 5.05. The summed E-state index contributed by atoms with van der Waals surface area (Å²) in [6.07, 6.45) is 1.92. The topological polar surface area (TPSA) is 90.2 Å². The molecule has 0 saturated heterocycles. The van der Waals surface area contributed by atoms with Crippen LogP contribution in [0, 0.1) is 10.1 Å². The monoisotopic (exact) mass is 260 g/mol. The van der Waals surface area contributed by atoms with Crippen molar-refractivity contribution in [2.45, 2.75) is 19.4 Å². The van der Waals surface area contributed by atoms with Gasteiger partial charge in [-0.15, -0.1) is 0 Å². The Morgan fingerprint density at radius 1 is 1.65 bits per heavy atom. The fraction of sp³-hybridized carbons (Fsp3) is 0.556. The van der Waals surface area contributed by atoms with Crippen LogP contribution < -0.4 is 5.32 Å². The highest BCUT2D eigenvalue weighted by Gasteiger charge is 2.23. The maximum absolute atomic E-state index is 10.8. The molecule has 0 radical (unpaired) electrons. The van der Waals surface area contributed by atoms with Crippen LogP contribution in [0.4, 0.5) is 11.5 Å². The van der Waals surface area contributed by atoms with Crippen LogP contribution in [0.2, 0.25) is 5.15 Å². The van der Waals surface area contributed by atoms with Crippen LogP contribution in [0.15, 0.2) is 6.33 Å². The zero-order valence-corrected chi connectivity index (χ0v) is 10.3. The van der Waals surface area contributed by atoms with E-state index in [2.05, 4.69) is 15.3 Å².